The molecule has 0 unspecified atom stereocenters. The predicted octanol–water partition coefficient (Wildman–Crippen LogP) is 1.26. The van der Waals surface area contributed by atoms with Crippen LogP contribution in [0, 0.1) is 0 Å². The zero-order valence-corrected chi connectivity index (χ0v) is 12.8. The molecular weight excluding hydrogens is 280 g/mol. The minimum absolute atomic E-state index is 0.298. The van der Waals surface area contributed by atoms with Crippen molar-refractivity contribution >= 4 is 15.5 Å². The fourth-order valence-corrected chi connectivity index (χ4v) is 3.05. The van der Waals surface area contributed by atoms with Crippen LogP contribution in [0.3, 0.4) is 0 Å². The molecule has 1 heterocycles. The Bertz CT molecular complexity index is 640. The lowest BCUT2D eigenvalue weighted by Gasteiger charge is -2.20. The van der Waals surface area contributed by atoms with Crippen LogP contribution in [0.2, 0.25) is 0 Å². The molecule has 0 saturated carbocycles. The van der Waals surface area contributed by atoms with Gasteiger partial charge in [0.15, 0.2) is 21.3 Å². The summed E-state index contributed by atoms with van der Waals surface area (Å²) < 4.78 is 33.8. The summed E-state index contributed by atoms with van der Waals surface area (Å²) in [4.78, 5) is 3.53. The van der Waals surface area contributed by atoms with Crippen molar-refractivity contribution < 1.29 is 17.9 Å². The molecule has 0 saturated heterocycles. The lowest BCUT2D eigenvalue weighted by molar-refractivity contribution is 0.355. The van der Waals surface area contributed by atoms with E-state index in [1.165, 1.54) is 6.26 Å². The van der Waals surface area contributed by atoms with Crippen molar-refractivity contribution in [1.29, 1.82) is 0 Å². The lowest BCUT2D eigenvalue weighted by Crippen LogP contribution is -2.25. The Hall–Kier alpha value is -1.89. The molecule has 110 valence electrons. The predicted molar refractivity (Wildman–Crippen MR) is 77.6 cm³/mol. The van der Waals surface area contributed by atoms with Gasteiger partial charge in [-0.2, -0.15) is 0 Å². The molecule has 0 aliphatic carbocycles. The van der Waals surface area contributed by atoms with Gasteiger partial charge in [-0.05, 0) is 12.1 Å². The van der Waals surface area contributed by atoms with E-state index in [0.29, 0.717) is 23.2 Å². The first-order chi connectivity index (χ1) is 9.36. The van der Waals surface area contributed by atoms with Gasteiger partial charge in [0.05, 0.1) is 20.9 Å². The molecule has 0 radical (unpaired) electrons. The minimum atomic E-state index is -3.23. The van der Waals surface area contributed by atoms with Crippen molar-refractivity contribution in [1.82, 2.24) is 4.90 Å². The van der Waals surface area contributed by atoms with Gasteiger partial charge in [-0.25, -0.2) is 8.42 Å². The van der Waals surface area contributed by atoms with Gasteiger partial charge in [0.1, 0.15) is 5.03 Å². The number of sulfone groups is 1. The van der Waals surface area contributed by atoms with E-state index in [1.807, 2.05) is 17.0 Å². The number of methoxy groups -OCH3 is 2. The zero-order valence-electron chi connectivity index (χ0n) is 12.0. The first-order valence-corrected chi connectivity index (χ1v) is 7.87. The van der Waals surface area contributed by atoms with Gasteiger partial charge in [0.2, 0.25) is 0 Å². The number of nitrogens with zero attached hydrogens (tertiary/aromatic N) is 2. The molecule has 1 aromatic carbocycles. The maximum atomic E-state index is 11.7. The van der Waals surface area contributed by atoms with E-state index in [9.17, 15) is 8.42 Å². The molecule has 0 fully saturated rings. The Balaban J connectivity index is 2.37. The molecule has 0 aromatic heterocycles. The summed E-state index contributed by atoms with van der Waals surface area (Å²) in [6, 6.07) is 5.46. The summed E-state index contributed by atoms with van der Waals surface area (Å²) in [7, 11) is 1.65. The van der Waals surface area contributed by atoms with Crippen LogP contribution < -0.4 is 14.4 Å². The van der Waals surface area contributed by atoms with Gasteiger partial charge in [0.25, 0.3) is 0 Å². The van der Waals surface area contributed by atoms with Gasteiger partial charge in [-0.1, -0.05) is 0 Å². The number of ether oxygens (including phenoxy) is 2. The van der Waals surface area contributed by atoms with Crippen molar-refractivity contribution in [2.45, 2.75) is 0 Å². The van der Waals surface area contributed by atoms with Gasteiger partial charge in [-0.3, -0.25) is 0 Å². The van der Waals surface area contributed by atoms with Crippen LogP contribution in [-0.2, 0) is 9.84 Å². The second kappa shape index (κ2) is 5.24. The molecule has 1 aliphatic rings. The van der Waals surface area contributed by atoms with E-state index in [0.717, 1.165) is 5.69 Å². The summed E-state index contributed by atoms with van der Waals surface area (Å²) in [5.74, 6) is 1.24. The third kappa shape index (κ3) is 2.67. The number of hydrogen-bond donors (Lipinski definition) is 0. The Morgan fingerprint density at radius 3 is 2.30 bits per heavy atom. The Labute approximate surface area is 119 Å². The van der Waals surface area contributed by atoms with Crippen LogP contribution in [-0.4, -0.2) is 47.5 Å². The molecule has 7 heteroatoms. The van der Waals surface area contributed by atoms with Crippen molar-refractivity contribution in [3.05, 3.63) is 29.4 Å². The molecule has 0 spiro atoms. The highest BCUT2D eigenvalue weighted by Crippen LogP contribution is 2.33. The highest BCUT2D eigenvalue weighted by atomic mass is 32.2. The van der Waals surface area contributed by atoms with E-state index in [4.69, 9.17) is 9.47 Å². The number of benzene rings is 1. The number of anilines is 1. The molecule has 20 heavy (non-hydrogen) atoms. The fourth-order valence-electron chi connectivity index (χ4n) is 2.11. The molecular formula is C13H18N2O4S. The first-order valence-electron chi connectivity index (χ1n) is 5.98. The van der Waals surface area contributed by atoms with Crippen LogP contribution >= 0.6 is 0 Å². The summed E-state index contributed by atoms with van der Waals surface area (Å²) in [5, 5.41) is 0.298. The summed E-state index contributed by atoms with van der Waals surface area (Å²) in [6.07, 6.45) is 2.82. The monoisotopic (exact) mass is 298 g/mol. The van der Waals surface area contributed by atoms with E-state index in [1.54, 1.807) is 38.4 Å². The Kier molecular flexibility index (Phi) is 3.80. The third-order valence-corrected chi connectivity index (χ3v) is 4.26. The molecule has 0 amide bonds. The van der Waals surface area contributed by atoms with Crippen LogP contribution in [0.25, 0.3) is 0 Å². The summed E-state index contributed by atoms with van der Waals surface area (Å²) in [5.41, 5.74) is 0.841. The Morgan fingerprint density at radius 2 is 1.80 bits per heavy atom. The fraction of sp³-hybridized carbons (Fsp3) is 0.385. The highest BCUT2D eigenvalue weighted by molar-refractivity contribution is 7.94. The summed E-state index contributed by atoms with van der Waals surface area (Å²) >= 11 is 0. The number of rotatable bonds is 4. The molecule has 6 nitrogen and oxygen atoms in total. The molecule has 0 N–H and O–H groups in total. The normalized spacial score (nSPS) is 15.3. The number of hydrogen-bond acceptors (Lipinski definition) is 6. The summed E-state index contributed by atoms with van der Waals surface area (Å²) in [6.45, 7) is 0.470. The highest BCUT2D eigenvalue weighted by Gasteiger charge is 2.26. The third-order valence-electron chi connectivity index (χ3n) is 3.09. The van der Waals surface area contributed by atoms with Gasteiger partial charge in [-0.15, -0.1) is 0 Å². The average Bonchev–Trinajstić information content (AvgIpc) is 2.80. The smallest absolute Gasteiger partial charge is 0.192 e. The maximum absolute atomic E-state index is 11.7. The van der Waals surface area contributed by atoms with Crippen molar-refractivity contribution in [3.63, 3.8) is 0 Å². The van der Waals surface area contributed by atoms with Crippen molar-refractivity contribution in [2.24, 2.45) is 0 Å². The molecule has 0 bridgehead atoms. The van der Waals surface area contributed by atoms with Crippen LogP contribution in [0.4, 0.5) is 5.69 Å². The van der Waals surface area contributed by atoms with Crippen molar-refractivity contribution in [3.8, 4) is 11.5 Å². The minimum Gasteiger partial charge on any atom is -0.493 e. The SMILES string of the molecule is COc1ccc(N2C=C(S(C)(=O)=O)N(C)C2)cc1OC. The van der Waals surface area contributed by atoms with Crippen LogP contribution in [0.15, 0.2) is 29.4 Å². The van der Waals surface area contributed by atoms with Gasteiger partial charge in [0, 0.05) is 31.3 Å². The van der Waals surface area contributed by atoms with E-state index in [2.05, 4.69) is 0 Å². The quantitative estimate of drug-likeness (QED) is 0.834. The first kappa shape index (κ1) is 14.5. The van der Waals surface area contributed by atoms with Crippen molar-refractivity contribution in [2.75, 3.05) is 39.1 Å². The topological polar surface area (TPSA) is 59.1 Å². The van der Waals surface area contributed by atoms with E-state index >= 15 is 0 Å². The largest absolute Gasteiger partial charge is 0.493 e. The molecule has 1 aromatic rings. The second-order valence-corrected chi connectivity index (χ2v) is 6.55. The standard InChI is InChI=1S/C13H18N2O4S/c1-14-9-15(8-13(14)20(4,16)17)10-5-6-11(18-2)12(7-10)19-3/h5-8H,9H2,1-4H3. The van der Waals surface area contributed by atoms with Gasteiger partial charge >= 0.3 is 0 Å². The van der Waals surface area contributed by atoms with Gasteiger partial charge < -0.3 is 19.3 Å². The zero-order chi connectivity index (χ0) is 14.9. The van der Waals surface area contributed by atoms with E-state index < -0.39 is 9.84 Å². The molecule has 0 atom stereocenters. The maximum Gasteiger partial charge on any atom is 0.192 e. The lowest BCUT2D eigenvalue weighted by atomic mass is 10.2. The molecule has 1 aliphatic heterocycles. The Morgan fingerprint density at radius 1 is 1.15 bits per heavy atom. The average molecular weight is 298 g/mol. The van der Waals surface area contributed by atoms with E-state index in [-0.39, 0.29) is 0 Å². The second-order valence-electron chi connectivity index (χ2n) is 4.59. The van der Waals surface area contributed by atoms with Crippen LogP contribution in [0.1, 0.15) is 0 Å². The molecule has 2 rings (SSSR count). The van der Waals surface area contributed by atoms with Crippen LogP contribution in [0.5, 0.6) is 11.5 Å².